The number of primary amides is 1. The van der Waals surface area contributed by atoms with Gasteiger partial charge >= 0.3 is 5.97 Å². The number of carbonyl (C=O) groups is 5. The van der Waals surface area contributed by atoms with Crippen molar-refractivity contribution in [1.82, 2.24) is 16.0 Å². The van der Waals surface area contributed by atoms with Gasteiger partial charge in [-0.15, -0.1) is 0 Å². The Kier molecular flexibility index (Phi) is 9.92. The highest BCUT2D eigenvalue weighted by atomic mass is 16.4. The summed E-state index contributed by atoms with van der Waals surface area (Å²) in [4.78, 5) is 57.8. The summed E-state index contributed by atoms with van der Waals surface area (Å²) in [5.74, 6) is -5.40. The summed E-state index contributed by atoms with van der Waals surface area (Å²) in [6, 6.07) is -5.72. The Labute approximate surface area is 154 Å². The average Bonchev–Trinajstić information content (AvgIpc) is 2.55. The van der Waals surface area contributed by atoms with Gasteiger partial charge < -0.3 is 42.7 Å². The minimum absolute atomic E-state index is 0.703. The molecule has 0 bridgehead atoms. The molecule has 0 fully saturated rings. The molecule has 13 nitrogen and oxygen atoms in total. The first-order valence-electron chi connectivity index (χ1n) is 7.87. The van der Waals surface area contributed by atoms with Gasteiger partial charge in [0.25, 0.3) is 0 Å². The maximum atomic E-state index is 12.2. The number of carboxylic acids is 1. The Morgan fingerprint density at radius 1 is 0.926 bits per heavy atom. The molecule has 0 saturated heterocycles. The molecule has 27 heavy (non-hydrogen) atoms. The number of carboxylic acid groups (broad SMARTS) is 1. The molecule has 0 spiro atoms. The summed E-state index contributed by atoms with van der Waals surface area (Å²) < 4.78 is 0. The molecule has 0 aliphatic heterocycles. The predicted octanol–water partition coefficient (Wildman–Crippen LogP) is -4.88. The second-order valence-electron chi connectivity index (χ2n) is 5.83. The molecule has 0 saturated carbocycles. The van der Waals surface area contributed by atoms with Gasteiger partial charge in [-0.05, 0) is 13.8 Å². The fraction of sp³-hybridized carbons (Fsp3) is 0.643. The number of amides is 4. The van der Waals surface area contributed by atoms with Gasteiger partial charge in [-0.1, -0.05) is 0 Å². The van der Waals surface area contributed by atoms with Crippen molar-refractivity contribution >= 4 is 29.6 Å². The maximum Gasteiger partial charge on any atom is 0.326 e. The minimum atomic E-state index is -1.67. The molecule has 0 aromatic carbocycles. The van der Waals surface area contributed by atoms with Crippen LogP contribution in [0, 0.1) is 0 Å². The van der Waals surface area contributed by atoms with E-state index in [1.165, 1.54) is 6.92 Å². The lowest BCUT2D eigenvalue weighted by molar-refractivity contribution is -0.144. The first-order chi connectivity index (χ1) is 12.4. The standard InChI is InChI=1S/C14H25N5O8/c1-5(15)11(23)18-8(4-20)12(24)19-10(6(2)21)13(25)17-7(14(26)27)3-9(16)22/h5-8,10,20-21H,3-4,15H2,1-2H3,(H2,16,22)(H,17,25)(H,18,23)(H,19,24)(H,26,27). The van der Waals surface area contributed by atoms with Crippen molar-refractivity contribution in [2.45, 2.75) is 50.5 Å². The predicted molar refractivity (Wildman–Crippen MR) is 89.7 cm³/mol. The van der Waals surface area contributed by atoms with E-state index in [2.05, 4.69) is 10.6 Å². The van der Waals surface area contributed by atoms with Crippen LogP contribution in [-0.2, 0) is 24.0 Å². The van der Waals surface area contributed by atoms with Gasteiger partial charge in [0.2, 0.25) is 23.6 Å². The molecule has 0 aliphatic rings. The highest BCUT2D eigenvalue weighted by molar-refractivity contribution is 5.95. The van der Waals surface area contributed by atoms with E-state index < -0.39 is 72.9 Å². The number of hydrogen-bond donors (Lipinski definition) is 8. The molecule has 0 aromatic heterocycles. The van der Waals surface area contributed by atoms with E-state index in [9.17, 15) is 34.2 Å². The molecular formula is C14H25N5O8. The first kappa shape index (κ1) is 24.2. The van der Waals surface area contributed by atoms with Crippen molar-refractivity contribution < 1.29 is 39.3 Å². The molecule has 5 atom stereocenters. The Morgan fingerprint density at radius 2 is 1.44 bits per heavy atom. The van der Waals surface area contributed by atoms with Crippen LogP contribution in [-0.4, -0.2) is 81.8 Å². The van der Waals surface area contributed by atoms with Gasteiger partial charge in [-0.3, -0.25) is 19.2 Å². The number of hydrogen-bond acceptors (Lipinski definition) is 8. The molecule has 10 N–H and O–H groups in total. The summed E-state index contributed by atoms with van der Waals surface area (Å²) >= 11 is 0. The fourth-order valence-electron chi connectivity index (χ4n) is 1.82. The summed E-state index contributed by atoms with van der Waals surface area (Å²) in [6.45, 7) is 1.67. The molecule has 5 unspecified atom stereocenters. The number of nitrogens with two attached hydrogens (primary N) is 2. The molecule has 0 heterocycles. The zero-order valence-corrected chi connectivity index (χ0v) is 14.8. The fourth-order valence-corrected chi connectivity index (χ4v) is 1.82. The van der Waals surface area contributed by atoms with E-state index in [-0.39, 0.29) is 0 Å². The van der Waals surface area contributed by atoms with E-state index in [0.717, 1.165) is 6.92 Å². The molecule has 4 amide bonds. The van der Waals surface area contributed by atoms with E-state index in [4.69, 9.17) is 16.6 Å². The largest absolute Gasteiger partial charge is 0.480 e. The van der Waals surface area contributed by atoms with Crippen LogP contribution in [0.4, 0.5) is 0 Å². The number of nitrogens with one attached hydrogen (secondary N) is 3. The SMILES string of the molecule is CC(N)C(=O)NC(CO)C(=O)NC(C(=O)NC(CC(N)=O)C(=O)O)C(C)O. The van der Waals surface area contributed by atoms with Crippen LogP contribution in [0.3, 0.4) is 0 Å². The Bertz CT molecular complexity index is 580. The lowest BCUT2D eigenvalue weighted by Crippen LogP contribution is -2.60. The van der Waals surface area contributed by atoms with Gasteiger partial charge in [0, 0.05) is 0 Å². The van der Waals surface area contributed by atoms with Gasteiger partial charge in [0.15, 0.2) is 0 Å². The van der Waals surface area contributed by atoms with Crippen LogP contribution < -0.4 is 27.4 Å². The monoisotopic (exact) mass is 391 g/mol. The zero-order chi connectivity index (χ0) is 21.3. The first-order valence-corrected chi connectivity index (χ1v) is 7.87. The average molecular weight is 391 g/mol. The third kappa shape index (κ3) is 8.44. The molecular weight excluding hydrogens is 366 g/mol. The molecule has 0 aliphatic carbocycles. The highest BCUT2D eigenvalue weighted by Gasteiger charge is 2.32. The van der Waals surface area contributed by atoms with E-state index in [1.54, 1.807) is 0 Å². The normalized spacial score (nSPS) is 16.2. The smallest absolute Gasteiger partial charge is 0.326 e. The summed E-state index contributed by atoms with van der Waals surface area (Å²) in [5.41, 5.74) is 10.2. The Balaban J connectivity index is 5.17. The van der Waals surface area contributed by atoms with Crippen molar-refractivity contribution in [2.24, 2.45) is 11.5 Å². The van der Waals surface area contributed by atoms with Crippen LogP contribution in [0.1, 0.15) is 20.3 Å². The number of carbonyl (C=O) groups excluding carboxylic acids is 4. The second-order valence-corrected chi connectivity index (χ2v) is 5.83. The number of aliphatic hydroxyl groups is 2. The second kappa shape index (κ2) is 11.1. The topological polar surface area (TPSA) is 234 Å². The van der Waals surface area contributed by atoms with E-state index >= 15 is 0 Å². The summed E-state index contributed by atoms with van der Waals surface area (Å²) in [6.07, 6.45) is -2.17. The molecule has 0 rings (SSSR count). The van der Waals surface area contributed by atoms with Crippen molar-refractivity contribution in [3.8, 4) is 0 Å². The van der Waals surface area contributed by atoms with Crippen molar-refractivity contribution in [2.75, 3.05) is 6.61 Å². The van der Waals surface area contributed by atoms with Gasteiger partial charge in [-0.2, -0.15) is 0 Å². The summed E-state index contributed by atoms with van der Waals surface area (Å²) in [7, 11) is 0. The maximum absolute atomic E-state index is 12.2. The number of aliphatic carboxylic acids is 1. The van der Waals surface area contributed by atoms with Crippen molar-refractivity contribution in [3.05, 3.63) is 0 Å². The lowest BCUT2D eigenvalue weighted by Gasteiger charge is -2.25. The van der Waals surface area contributed by atoms with Crippen LogP contribution in [0.25, 0.3) is 0 Å². The van der Waals surface area contributed by atoms with Gasteiger partial charge in [-0.25, -0.2) is 4.79 Å². The van der Waals surface area contributed by atoms with Crippen LogP contribution in [0.2, 0.25) is 0 Å². The number of aliphatic hydroxyl groups excluding tert-OH is 2. The quantitative estimate of drug-likeness (QED) is 0.168. The third-order valence-corrected chi connectivity index (χ3v) is 3.31. The molecule has 154 valence electrons. The van der Waals surface area contributed by atoms with Crippen molar-refractivity contribution in [1.29, 1.82) is 0 Å². The highest BCUT2D eigenvalue weighted by Crippen LogP contribution is 1.99. The molecule has 13 heteroatoms. The Hall–Kier alpha value is -2.77. The third-order valence-electron chi connectivity index (χ3n) is 3.31. The number of rotatable bonds is 11. The Morgan fingerprint density at radius 3 is 1.81 bits per heavy atom. The molecule has 0 aromatic rings. The minimum Gasteiger partial charge on any atom is -0.480 e. The van der Waals surface area contributed by atoms with Gasteiger partial charge in [0.05, 0.1) is 25.2 Å². The summed E-state index contributed by atoms with van der Waals surface area (Å²) in [5, 5.41) is 34.1. The molecule has 0 radical (unpaired) electrons. The van der Waals surface area contributed by atoms with Crippen LogP contribution in [0.15, 0.2) is 0 Å². The van der Waals surface area contributed by atoms with Gasteiger partial charge in [0.1, 0.15) is 18.1 Å². The van der Waals surface area contributed by atoms with Crippen LogP contribution >= 0.6 is 0 Å². The van der Waals surface area contributed by atoms with Crippen molar-refractivity contribution in [3.63, 3.8) is 0 Å². The van der Waals surface area contributed by atoms with E-state index in [1.807, 2.05) is 5.32 Å². The zero-order valence-electron chi connectivity index (χ0n) is 14.8. The van der Waals surface area contributed by atoms with E-state index in [0.29, 0.717) is 0 Å². The lowest BCUT2D eigenvalue weighted by atomic mass is 10.1. The van der Waals surface area contributed by atoms with Crippen LogP contribution in [0.5, 0.6) is 0 Å².